The van der Waals surface area contributed by atoms with E-state index in [2.05, 4.69) is 4.74 Å². The molecule has 2 aliphatic rings. The molecule has 0 radical (unpaired) electrons. The van der Waals surface area contributed by atoms with Crippen molar-refractivity contribution in [3.8, 4) is 23.0 Å². The lowest BCUT2D eigenvalue weighted by Crippen LogP contribution is -1.96. The van der Waals surface area contributed by atoms with Crippen molar-refractivity contribution in [2.24, 2.45) is 0 Å². The monoisotopic (exact) mass is 388 g/mol. The van der Waals surface area contributed by atoms with Crippen molar-refractivity contribution in [1.29, 1.82) is 0 Å². The second-order valence-electron chi connectivity index (χ2n) is 6.45. The number of benzene rings is 3. The molecule has 0 fully saturated rings. The molecule has 0 amide bonds. The molecule has 3 aromatic rings. The Bertz CT molecular complexity index is 1180. The normalized spacial score (nSPS) is 14.1. The highest BCUT2D eigenvalue weighted by molar-refractivity contribution is 6.14. The molecule has 29 heavy (non-hydrogen) atoms. The summed E-state index contributed by atoms with van der Waals surface area (Å²) in [6.45, 7) is 0.248. The Morgan fingerprint density at radius 1 is 0.586 bits per heavy atom. The highest BCUT2D eigenvalue weighted by atomic mass is 16.6. The van der Waals surface area contributed by atoms with Gasteiger partial charge < -0.3 is 18.9 Å². The van der Waals surface area contributed by atoms with Gasteiger partial charge in [0.1, 0.15) is 29.6 Å². The zero-order valence-electron chi connectivity index (χ0n) is 14.8. The lowest BCUT2D eigenvalue weighted by atomic mass is 10.1. The summed E-state index contributed by atoms with van der Waals surface area (Å²) in [4.78, 5) is 34.6. The van der Waals surface area contributed by atoms with E-state index in [0.29, 0.717) is 28.6 Å². The zero-order valence-corrected chi connectivity index (χ0v) is 14.8. The summed E-state index contributed by atoms with van der Waals surface area (Å²) >= 11 is 0. The minimum Gasteiger partial charge on any atom is -0.457 e. The van der Waals surface area contributed by atoms with Gasteiger partial charge in [-0.05, 0) is 60.7 Å². The van der Waals surface area contributed by atoms with Crippen molar-refractivity contribution in [3.63, 3.8) is 0 Å². The van der Waals surface area contributed by atoms with Crippen LogP contribution >= 0.6 is 0 Å². The third kappa shape index (κ3) is 3.08. The highest BCUT2D eigenvalue weighted by Gasteiger charge is 2.30. The topological polar surface area (TPSA) is 88.1 Å². The summed E-state index contributed by atoms with van der Waals surface area (Å²) in [5, 5.41) is 0. The van der Waals surface area contributed by atoms with Crippen molar-refractivity contribution in [2.75, 3.05) is 0 Å². The molecule has 0 spiro atoms. The lowest BCUT2D eigenvalue weighted by Gasteiger charge is -2.09. The van der Waals surface area contributed by atoms with Gasteiger partial charge in [0.25, 0.3) is 0 Å². The summed E-state index contributed by atoms with van der Waals surface area (Å²) < 4.78 is 21.1. The molecule has 2 heterocycles. The molecule has 142 valence electrons. The van der Waals surface area contributed by atoms with E-state index >= 15 is 0 Å². The first-order chi connectivity index (χ1) is 14.1. The Balaban J connectivity index is 1.30. The Labute approximate surface area is 164 Å². The van der Waals surface area contributed by atoms with Crippen molar-refractivity contribution < 1.29 is 33.3 Å². The predicted molar refractivity (Wildman–Crippen MR) is 98.3 cm³/mol. The fourth-order valence-corrected chi connectivity index (χ4v) is 3.15. The minimum atomic E-state index is -0.680. The molecule has 0 saturated heterocycles. The maximum atomic E-state index is 11.6. The molecule has 0 aromatic heterocycles. The number of esters is 3. The first-order valence-electron chi connectivity index (χ1n) is 8.73. The van der Waals surface area contributed by atoms with Crippen LogP contribution in [0.1, 0.15) is 36.6 Å². The van der Waals surface area contributed by atoms with Gasteiger partial charge in [-0.3, -0.25) is 0 Å². The van der Waals surface area contributed by atoms with E-state index in [0.717, 1.165) is 5.56 Å². The van der Waals surface area contributed by atoms with Crippen molar-refractivity contribution in [1.82, 2.24) is 0 Å². The van der Waals surface area contributed by atoms with Crippen LogP contribution in [0.3, 0.4) is 0 Å². The number of carbonyl (C=O) groups excluding carboxylic acids is 3. The molecule has 7 nitrogen and oxygen atoms in total. The van der Waals surface area contributed by atoms with Crippen LogP contribution in [-0.2, 0) is 16.1 Å². The maximum Gasteiger partial charge on any atom is 0.347 e. The average molecular weight is 388 g/mol. The van der Waals surface area contributed by atoms with E-state index in [-0.39, 0.29) is 23.7 Å². The molecule has 5 rings (SSSR count). The zero-order chi connectivity index (χ0) is 20.0. The van der Waals surface area contributed by atoms with Crippen LogP contribution in [0.2, 0.25) is 0 Å². The number of carbonyl (C=O) groups is 3. The molecule has 7 heteroatoms. The van der Waals surface area contributed by atoms with Crippen molar-refractivity contribution >= 4 is 17.9 Å². The Morgan fingerprint density at radius 2 is 1.14 bits per heavy atom. The van der Waals surface area contributed by atoms with E-state index in [1.165, 1.54) is 12.1 Å². The minimum absolute atomic E-state index is 0.187. The SMILES string of the molecule is O=C1OCc2cc(Oc3ccc(Oc4ccc5c(c4)C(=O)OC5=O)cc3)ccc21. The van der Waals surface area contributed by atoms with E-state index in [1.807, 2.05) is 0 Å². The first-order valence-corrected chi connectivity index (χ1v) is 8.73. The Morgan fingerprint density at radius 3 is 1.83 bits per heavy atom. The van der Waals surface area contributed by atoms with Gasteiger partial charge in [0, 0.05) is 5.56 Å². The van der Waals surface area contributed by atoms with E-state index < -0.39 is 11.9 Å². The molecule has 2 aliphatic heterocycles. The fourth-order valence-electron chi connectivity index (χ4n) is 3.15. The van der Waals surface area contributed by atoms with Crippen LogP contribution in [0.4, 0.5) is 0 Å². The van der Waals surface area contributed by atoms with E-state index in [1.54, 1.807) is 48.5 Å². The lowest BCUT2D eigenvalue weighted by molar-refractivity contribution is 0.0442. The van der Waals surface area contributed by atoms with Gasteiger partial charge in [-0.1, -0.05) is 0 Å². The molecule has 3 aromatic carbocycles. The van der Waals surface area contributed by atoms with Gasteiger partial charge in [-0.15, -0.1) is 0 Å². The van der Waals surface area contributed by atoms with Crippen LogP contribution in [0.15, 0.2) is 60.7 Å². The average Bonchev–Trinajstić information content (AvgIpc) is 3.22. The molecular weight excluding hydrogens is 376 g/mol. The largest absolute Gasteiger partial charge is 0.457 e. The second-order valence-corrected chi connectivity index (χ2v) is 6.45. The third-order valence-corrected chi connectivity index (χ3v) is 4.57. The standard InChI is InChI=1S/C22H12O7/c23-20-17-7-5-15(9-12(17)11-26-20)27-13-1-3-14(4-2-13)28-16-6-8-18-19(10-16)22(25)29-21(18)24/h1-10H,11H2. The molecule has 0 N–H and O–H groups in total. The summed E-state index contributed by atoms with van der Waals surface area (Å²) in [5.74, 6) is 0.469. The third-order valence-electron chi connectivity index (χ3n) is 4.57. The summed E-state index contributed by atoms with van der Waals surface area (Å²) in [7, 11) is 0. The fraction of sp³-hybridized carbons (Fsp3) is 0.0455. The number of hydrogen-bond donors (Lipinski definition) is 0. The van der Waals surface area contributed by atoms with Crippen LogP contribution in [0.5, 0.6) is 23.0 Å². The Hall–Kier alpha value is -4.13. The number of ether oxygens (including phenoxy) is 4. The Kier molecular flexibility index (Phi) is 3.80. The number of rotatable bonds is 4. The predicted octanol–water partition coefficient (Wildman–Crippen LogP) is 4.25. The summed E-state index contributed by atoms with van der Waals surface area (Å²) in [5.41, 5.74) is 1.76. The van der Waals surface area contributed by atoms with Crippen LogP contribution in [-0.4, -0.2) is 17.9 Å². The van der Waals surface area contributed by atoms with Gasteiger partial charge in [-0.25, -0.2) is 14.4 Å². The van der Waals surface area contributed by atoms with Crippen molar-refractivity contribution in [2.45, 2.75) is 6.61 Å². The second kappa shape index (κ2) is 6.49. The van der Waals surface area contributed by atoms with Gasteiger partial charge in [-0.2, -0.15) is 0 Å². The summed E-state index contributed by atoms with van der Waals surface area (Å²) in [6, 6.07) is 16.6. The quantitative estimate of drug-likeness (QED) is 0.488. The van der Waals surface area contributed by atoms with Gasteiger partial charge >= 0.3 is 17.9 Å². The number of cyclic esters (lactones) is 3. The number of fused-ring (bicyclic) bond motifs is 2. The van der Waals surface area contributed by atoms with E-state index in [4.69, 9.17) is 14.2 Å². The van der Waals surface area contributed by atoms with E-state index in [9.17, 15) is 14.4 Å². The first kappa shape index (κ1) is 17.0. The maximum absolute atomic E-state index is 11.6. The molecular formula is C22H12O7. The molecule has 0 saturated carbocycles. The summed E-state index contributed by atoms with van der Waals surface area (Å²) in [6.07, 6.45) is 0. The van der Waals surface area contributed by atoms with Crippen LogP contribution < -0.4 is 9.47 Å². The van der Waals surface area contributed by atoms with Gasteiger partial charge in [0.15, 0.2) is 0 Å². The van der Waals surface area contributed by atoms with Crippen LogP contribution in [0, 0.1) is 0 Å². The van der Waals surface area contributed by atoms with Gasteiger partial charge in [0.2, 0.25) is 0 Å². The molecule has 0 atom stereocenters. The van der Waals surface area contributed by atoms with Crippen LogP contribution in [0.25, 0.3) is 0 Å². The molecule has 0 unspecified atom stereocenters. The molecule has 0 bridgehead atoms. The molecule has 0 aliphatic carbocycles. The van der Waals surface area contributed by atoms with Crippen molar-refractivity contribution in [3.05, 3.63) is 82.9 Å². The highest BCUT2D eigenvalue weighted by Crippen LogP contribution is 2.31. The smallest absolute Gasteiger partial charge is 0.347 e. The van der Waals surface area contributed by atoms with Gasteiger partial charge in [0.05, 0.1) is 16.7 Å². The number of hydrogen-bond acceptors (Lipinski definition) is 7.